The zero-order valence-electron chi connectivity index (χ0n) is 16.1. The highest BCUT2D eigenvalue weighted by Gasteiger charge is 2.34. The molecule has 0 spiro atoms. The molecule has 0 bridgehead atoms. The van der Waals surface area contributed by atoms with Crippen molar-refractivity contribution in [1.82, 2.24) is 14.8 Å². The largest absolute Gasteiger partial charge is 0.496 e. The first-order valence-electron chi connectivity index (χ1n) is 9.35. The van der Waals surface area contributed by atoms with Gasteiger partial charge in [-0.1, -0.05) is 32.0 Å². The van der Waals surface area contributed by atoms with Gasteiger partial charge in [0.2, 0.25) is 11.8 Å². The first-order valence-corrected chi connectivity index (χ1v) is 9.35. The van der Waals surface area contributed by atoms with Gasteiger partial charge in [-0.2, -0.15) is 0 Å². The van der Waals surface area contributed by atoms with Crippen LogP contribution in [0.4, 0.5) is 0 Å². The van der Waals surface area contributed by atoms with Gasteiger partial charge in [-0.25, -0.2) is 0 Å². The Kier molecular flexibility index (Phi) is 5.84. The highest BCUT2D eigenvalue weighted by atomic mass is 16.5. The second kappa shape index (κ2) is 8.29. The van der Waals surface area contributed by atoms with Crippen LogP contribution in [0.3, 0.4) is 0 Å². The summed E-state index contributed by atoms with van der Waals surface area (Å²) in [6, 6.07) is 11.5. The number of benzene rings is 1. The molecule has 2 amide bonds. The molecule has 6 nitrogen and oxygen atoms in total. The SMILES string of the molecule is COc1ccccc1[C@H]1c2cccn2CCN1C(=O)CC(=O)NCC(C)C. The van der Waals surface area contributed by atoms with E-state index in [2.05, 4.69) is 9.88 Å². The zero-order valence-corrected chi connectivity index (χ0v) is 16.1. The van der Waals surface area contributed by atoms with Gasteiger partial charge in [0.05, 0.1) is 7.11 Å². The molecule has 1 N–H and O–H groups in total. The summed E-state index contributed by atoms with van der Waals surface area (Å²) in [4.78, 5) is 27.0. The normalized spacial score (nSPS) is 16.1. The number of para-hydroxylation sites is 1. The minimum absolute atomic E-state index is 0.140. The summed E-state index contributed by atoms with van der Waals surface area (Å²) in [6.45, 7) is 5.90. The molecule has 3 rings (SSSR count). The van der Waals surface area contributed by atoms with E-state index in [0.717, 1.165) is 17.0 Å². The van der Waals surface area contributed by atoms with Crippen molar-refractivity contribution < 1.29 is 14.3 Å². The van der Waals surface area contributed by atoms with Crippen LogP contribution in [0.25, 0.3) is 0 Å². The van der Waals surface area contributed by atoms with E-state index in [0.29, 0.717) is 25.6 Å². The molecule has 0 fully saturated rings. The van der Waals surface area contributed by atoms with E-state index < -0.39 is 0 Å². The number of carbonyl (C=O) groups is 2. The van der Waals surface area contributed by atoms with Crippen molar-refractivity contribution in [2.24, 2.45) is 5.92 Å². The van der Waals surface area contributed by atoms with E-state index in [-0.39, 0.29) is 24.3 Å². The van der Waals surface area contributed by atoms with Gasteiger partial charge < -0.3 is 19.5 Å². The van der Waals surface area contributed by atoms with Crippen LogP contribution < -0.4 is 10.1 Å². The number of nitrogens with zero attached hydrogens (tertiary/aromatic N) is 2. The number of aromatic nitrogens is 1. The highest BCUT2D eigenvalue weighted by Crippen LogP contribution is 2.37. The molecule has 6 heteroatoms. The first-order chi connectivity index (χ1) is 13.0. The summed E-state index contributed by atoms with van der Waals surface area (Å²) in [6.07, 6.45) is 1.88. The van der Waals surface area contributed by atoms with Gasteiger partial charge in [0.15, 0.2) is 0 Å². The molecule has 1 aromatic heterocycles. The molecular formula is C21H27N3O3. The maximum absolute atomic E-state index is 13.0. The minimum atomic E-state index is -0.268. The van der Waals surface area contributed by atoms with Crippen LogP contribution >= 0.6 is 0 Å². The van der Waals surface area contributed by atoms with Crippen LogP contribution in [-0.4, -0.2) is 41.5 Å². The lowest BCUT2D eigenvalue weighted by atomic mass is 9.98. The molecule has 144 valence electrons. The van der Waals surface area contributed by atoms with Crippen molar-refractivity contribution in [2.45, 2.75) is 32.9 Å². The second-order valence-corrected chi connectivity index (χ2v) is 7.23. The number of carbonyl (C=O) groups excluding carboxylic acids is 2. The standard InChI is InChI=1S/C21H27N3O3/c1-15(2)14-22-19(25)13-20(26)24-12-11-23-10-6-8-17(23)21(24)16-7-4-5-9-18(16)27-3/h4-10,15,21H,11-14H2,1-3H3,(H,22,25)/t21-/m0/s1. The van der Waals surface area contributed by atoms with Gasteiger partial charge in [-0.15, -0.1) is 0 Å². The average Bonchev–Trinajstić information content (AvgIpc) is 3.14. The maximum atomic E-state index is 13.0. The van der Waals surface area contributed by atoms with E-state index in [1.54, 1.807) is 12.0 Å². The molecule has 0 saturated carbocycles. The van der Waals surface area contributed by atoms with Crippen molar-refractivity contribution in [1.29, 1.82) is 0 Å². The van der Waals surface area contributed by atoms with E-state index in [1.807, 2.05) is 56.4 Å². The van der Waals surface area contributed by atoms with Crippen molar-refractivity contribution in [3.8, 4) is 5.75 Å². The van der Waals surface area contributed by atoms with Gasteiger partial charge in [0.25, 0.3) is 0 Å². The third-order valence-electron chi connectivity index (χ3n) is 4.81. The second-order valence-electron chi connectivity index (χ2n) is 7.23. The maximum Gasteiger partial charge on any atom is 0.232 e. The van der Waals surface area contributed by atoms with Gasteiger partial charge in [-0.05, 0) is 24.1 Å². The number of nitrogens with one attached hydrogen (secondary N) is 1. The predicted molar refractivity (Wildman–Crippen MR) is 103 cm³/mol. The Morgan fingerprint density at radius 1 is 1.19 bits per heavy atom. The molecular weight excluding hydrogens is 342 g/mol. The topological polar surface area (TPSA) is 63.6 Å². The average molecular weight is 369 g/mol. The Balaban J connectivity index is 1.87. The molecule has 1 aliphatic heterocycles. The molecule has 0 radical (unpaired) electrons. The molecule has 2 heterocycles. The van der Waals surface area contributed by atoms with Gasteiger partial charge in [0, 0.05) is 37.1 Å². The summed E-state index contributed by atoms with van der Waals surface area (Å²) in [7, 11) is 1.63. The summed E-state index contributed by atoms with van der Waals surface area (Å²) in [5, 5.41) is 2.83. The molecule has 0 saturated heterocycles. The van der Waals surface area contributed by atoms with Crippen molar-refractivity contribution in [3.05, 3.63) is 53.9 Å². The minimum Gasteiger partial charge on any atom is -0.496 e. The number of fused-ring (bicyclic) bond motifs is 1. The van der Waals surface area contributed by atoms with Crippen LogP contribution in [0.1, 0.15) is 37.6 Å². The Labute approximate surface area is 160 Å². The Morgan fingerprint density at radius 2 is 1.96 bits per heavy atom. The van der Waals surface area contributed by atoms with Crippen LogP contribution in [0, 0.1) is 5.92 Å². The predicted octanol–water partition coefficient (Wildman–Crippen LogP) is 2.59. The van der Waals surface area contributed by atoms with E-state index in [1.165, 1.54) is 0 Å². The van der Waals surface area contributed by atoms with E-state index in [4.69, 9.17) is 4.74 Å². The molecule has 27 heavy (non-hydrogen) atoms. The molecule has 1 atom stereocenters. The lowest BCUT2D eigenvalue weighted by molar-refractivity contribution is -0.138. The molecule has 0 unspecified atom stereocenters. The number of amides is 2. The van der Waals surface area contributed by atoms with Gasteiger partial charge in [0.1, 0.15) is 18.2 Å². The quantitative estimate of drug-likeness (QED) is 0.796. The van der Waals surface area contributed by atoms with Gasteiger partial charge >= 0.3 is 0 Å². The number of rotatable bonds is 6. The lowest BCUT2D eigenvalue weighted by Crippen LogP contribution is -2.44. The molecule has 1 aliphatic rings. The number of ether oxygens (including phenoxy) is 1. The molecule has 2 aromatic rings. The monoisotopic (exact) mass is 369 g/mol. The summed E-state index contributed by atoms with van der Waals surface area (Å²) >= 11 is 0. The Bertz CT molecular complexity index is 813. The Hall–Kier alpha value is -2.76. The van der Waals surface area contributed by atoms with Gasteiger partial charge in [-0.3, -0.25) is 9.59 Å². The summed E-state index contributed by atoms with van der Waals surface area (Å²) in [5.74, 6) is 0.691. The number of methoxy groups -OCH3 is 1. The summed E-state index contributed by atoms with van der Waals surface area (Å²) < 4.78 is 7.69. The van der Waals surface area contributed by atoms with Crippen LogP contribution in [0.5, 0.6) is 5.75 Å². The van der Waals surface area contributed by atoms with E-state index >= 15 is 0 Å². The van der Waals surface area contributed by atoms with Crippen LogP contribution in [0.15, 0.2) is 42.6 Å². The lowest BCUT2D eigenvalue weighted by Gasteiger charge is -2.37. The fourth-order valence-electron chi connectivity index (χ4n) is 3.49. The molecule has 0 aliphatic carbocycles. The fraction of sp³-hybridized carbons (Fsp3) is 0.429. The van der Waals surface area contributed by atoms with Crippen molar-refractivity contribution in [3.63, 3.8) is 0 Å². The number of hydrogen-bond donors (Lipinski definition) is 1. The van der Waals surface area contributed by atoms with Crippen molar-refractivity contribution >= 4 is 11.8 Å². The third kappa shape index (κ3) is 4.15. The smallest absolute Gasteiger partial charge is 0.232 e. The number of hydrogen-bond acceptors (Lipinski definition) is 3. The molecule has 1 aromatic carbocycles. The fourth-order valence-corrected chi connectivity index (χ4v) is 3.49. The van der Waals surface area contributed by atoms with E-state index in [9.17, 15) is 9.59 Å². The zero-order chi connectivity index (χ0) is 19.4. The summed E-state index contributed by atoms with van der Waals surface area (Å²) in [5.41, 5.74) is 1.96. The van der Waals surface area contributed by atoms with Crippen molar-refractivity contribution in [2.75, 3.05) is 20.2 Å². The third-order valence-corrected chi connectivity index (χ3v) is 4.81. The Morgan fingerprint density at radius 3 is 2.70 bits per heavy atom. The highest BCUT2D eigenvalue weighted by molar-refractivity contribution is 5.97. The van der Waals surface area contributed by atoms with Crippen LogP contribution in [0.2, 0.25) is 0 Å². The van der Waals surface area contributed by atoms with Crippen LogP contribution in [-0.2, 0) is 16.1 Å². The first kappa shape index (κ1) is 19.0.